The van der Waals surface area contributed by atoms with Crippen molar-refractivity contribution in [2.45, 2.75) is 18.7 Å². The van der Waals surface area contributed by atoms with Crippen molar-refractivity contribution in [3.63, 3.8) is 0 Å². The van der Waals surface area contributed by atoms with E-state index in [1.807, 2.05) is 30.8 Å². The highest BCUT2D eigenvalue weighted by Crippen LogP contribution is 2.15. The highest BCUT2D eigenvalue weighted by molar-refractivity contribution is 7.98. The molecule has 0 bridgehead atoms. The summed E-state index contributed by atoms with van der Waals surface area (Å²) in [6.07, 6.45) is 0. The lowest BCUT2D eigenvalue weighted by atomic mass is 10.2. The summed E-state index contributed by atoms with van der Waals surface area (Å²) in [5.41, 5.74) is 6.94. The Morgan fingerprint density at radius 3 is 2.54 bits per heavy atom. The van der Waals surface area contributed by atoms with Crippen LogP contribution in [0.1, 0.15) is 12.5 Å². The molecule has 0 aliphatic carbocycles. The van der Waals surface area contributed by atoms with Crippen molar-refractivity contribution >= 4 is 23.4 Å². The van der Waals surface area contributed by atoms with Gasteiger partial charge < -0.3 is 5.73 Å². The van der Waals surface area contributed by atoms with Gasteiger partial charge in [-0.05, 0) is 24.6 Å². The molecule has 3 heteroatoms. The van der Waals surface area contributed by atoms with Crippen LogP contribution in [0.25, 0.3) is 0 Å². The summed E-state index contributed by atoms with van der Waals surface area (Å²) < 4.78 is 0. The Morgan fingerprint density at radius 2 is 2.00 bits per heavy atom. The molecule has 1 aromatic carbocycles. The second-order valence-electron chi connectivity index (χ2n) is 3.12. The van der Waals surface area contributed by atoms with Gasteiger partial charge in [-0.1, -0.05) is 23.7 Å². The zero-order valence-electron chi connectivity index (χ0n) is 7.66. The molecule has 1 aromatic rings. The second-order valence-corrected chi connectivity index (χ2v) is 4.59. The molecule has 2 N–H and O–H groups in total. The Balaban J connectivity index is 2.33. The van der Waals surface area contributed by atoms with Gasteiger partial charge in [0.15, 0.2) is 0 Å². The molecular weight excluding hydrogens is 202 g/mol. The minimum atomic E-state index is 0.275. The van der Waals surface area contributed by atoms with Crippen molar-refractivity contribution in [3.05, 3.63) is 34.9 Å². The van der Waals surface area contributed by atoms with Crippen LogP contribution in [0.15, 0.2) is 24.3 Å². The van der Waals surface area contributed by atoms with Gasteiger partial charge in [0.05, 0.1) is 0 Å². The molecule has 0 fully saturated rings. The molecule has 0 aromatic heterocycles. The Hall–Kier alpha value is -0.180. The van der Waals surface area contributed by atoms with E-state index < -0.39 is 0 Å². The average molecular weight is 216 g/mol. The van der Waals surface area contributed by atoms with Gasteiger partial charge in [-0.2, -0.15) is 11.8 Å². The summed E-state index contributed by atoms with van der Waals surface area (Å²) in [6, 6.07) is 8.22. The van der Waals surface area contributed by atoms with Crippen LogP contribution < -0.4 is 5.73 Å². The smallest absolute Gasteiger partial charge is 0.0406 e. The largest absolute Gasteiger partial charge is 0.327 e. The first-order valence-electron chi connectivity index (χ1n) is 4.26. The summed E-state index contributed by atoms with van der Waals surface area (Å²) in [4.78, 5) is 0. The highest BCUT2D eigenvalue weighted by Gasteiger charge is 1.96. The summed E-state index contributed by atoms with van der Waals surface area (Å²) in [7, 11) is 0. The molecule has 13 heavy (non-hydrogen) atoms. The normalized spacial score (nSPS) is 12.8. The number of hydrogen-bond donors (Lipinski definition) is 1. The van der Waals surface area contributed by atoms with E-state index in [1.54, 1.807) is 0 Å². The Morgan fingerprint density at radius 1 is 1.38 bits per heavy atom. The zero-order chi connectivity index (χ0) is 9.68. The van der Waals surface area contributed by atoms with Crippen LogP contribution in [0.5, 0.6) is 0 Å². The number of nitrogens with two attached hydrogens (primary N) is 1. The summed E-state index contributed by atoms with van der Waals surface area (Å²) in [5.74, 6) is 2.02. The average Bonchev–Trinajstić information content (AvgIpc) is 2.08. The third kappa shape index (κ3) is 4.55. The van der Waals surface area contributed by atoms with Crippen molar-refractivity contribution in [3.8, 4) is 0 Å². The van der Waals surface area contributed by atoms with Gasteiger partial charge in [0.25, 0.3) is 0 Å². The molecular formula is C10H14ClNS. The van der Waals surface area contributed by atoms with E-state index in [0.29, 0.717) is 0 Å². The molecule has 0 aliphatic heterocycles. The van der Waals surface area contributed by atoms with Gasteiger partial charge in [0.1, 0.15) is 0 Å². The lowest BCUT2D eigenvalue weighted by Gasteiger charge is -2.04. The number of hydrogen-bond acceptors (Lipinski definition) is 2. The zero-order valence-corrected chi connectivity index (χ0v) is 9.24. The lowest BCUT2D eigenvalue weighted by molar-refractivity contribution is 0.847. The maximum Gasteiger partial charge on any atom is 0.0406 e. The minimum absolute atomic E-state index is 0.275. The fourth-order valence-electron chi connectivity index (χ4n) is 0.943. The fraction of sp³-hybridized carbons (Fsp3) is 0.400. The quantitative estimate of drug-likeness (QED) is 0.836. The van der Waals surface area contributed by atoms with Crippen molar-refractivity contribution in [2.24, 2.45) is 5.73 Å². The molecule has 0 spiro atoms. The van der Waals surface area contributed by atoms with E-state index in [2.05, 4.69) is 12.1 Å². The first kappa shape index (κ1) is 10.9. The fourth-order valence-corrected chi connectivity index (χ4v) is 1.99. The topological polar surface area (TPSA) is 26.0 Å². The molecule has 1 atom stereocenters. The van der Waals surface area contributed by atoms with E-state index in [0.717, 1.165) is 16.5 Å². The van der Waals surface area contributed by atoms with Crippen LogP contribution in [-0.2, 0) is 5.75 Å². The van der Waals surface area contributed by atoms with E-state index in [-0.39, 0.29) is 6.04 Å². The van der Waals surface area contributed by atoms with Gasteiger partial charge in [-0.15, -0.1) is 0 Å². The molecule has 0 amide bonds. The van der Waals surface area contributed by atoms with Crippen LogP contribution in [0, 0.1) is 0 Å². The van der Waals surface area contributed by atoms with E-state index in [9.17, 15) is 0 Å². The maximum absolute atomic E-state index is 5.77. The molecule has 0 radical (unpaired) electrons. The van der Waals surface area contributed by atoms with Crippen molar-refractivity contribution < 1.29 is 0 Å². The Bertz CT molecular complexity index is 246. The van der Waals surface area contributed by atoms with Gasteiger partial charge >= 0.3 is 0 Å². The first-order chi connectivity index (χ1) is 6.18. The van der Waals surface area contributed by atoms with Gasteiger partial charge in [0, 0.05) is 22.6 Å². The molecule has 1 rings (SSSR count). The van der Waals surface area contributed by atoms with Crippen molar-refractivity contribution in [2.75, 3.05) is 5.75 Å². The van der Waals surface area contributed by atoms with Crippen LogP contribution in [-0.4, -0.2) is 11.8 Å². The summed E-state index contributed by atoms with van der Waals surface area (Å²) in [6.45, 7) is 2.02. The molecule has 0 saturated heterocycles. The van der Waals surface area contributed by atoms with Crippen molar-refractivity contribution in [1.29, 1.82) is 0 Å². The Kier molecular flexibility index (Phi) is 4.64. The SMILES string of the molecule is CC(N)CSCc1ccc(Cl)cc1. The maximum atomic E-state index is 5.77. The monoisotopic (exact) mass is 215 g/mol. The van der Waals surface area contributed by atoms with Gasteiger partial charge in [-0.3, -0.25) is 0 Å². The number of halogens is 1. The molecule has 0 saturated carbocycles. The highest BCUT2D eigenvalue weighted by atomic mass is 35.5. The first-order valence-corrected chi connectivity index (χ1v) is 5.79. The third-order valence-corrected chi connectivity index (χ3v) is 3.11. The minimum Gasteiger partial charge on any atom is -0.327 e. The molecule has 0 aliphatic rings. The van der Waals surface area contributed by atoms with E-state index >= 15 is 0 Å². The van der Waals surface area contributed by atoms with Crippen LogP contribution >= 0.6 is 23.4 Å². The van der Waals surface area contributed by atoms with Gasteiger partial charge in [-0.25, -0.2) is 0 Å². The number of benzene rings is 1. The standard InChI is InChI=1S/C10H14ClNS/c1-8(12)6-13-7-9-2-4-10(11)5-3-9/h2-5,8H,6-7,12H2,1H3. The predicted molar refractivity (Wildman–Crippen MR) is 61.3 cm³/mol. The second kappa shape index (κ2) is 5.53. The molecule has 0 heterocycles. The van der Waals surface area contributed by atoms with Crippen molar-refractivity contribution in [1.82, 2.24) is 0 Å². The van der Waals surface area contributed by atoms with E-state index in [1.165, 1.54) is 5.56 Å². The molecule has 1 nitrogen and oxygen atoms in total. The summed E-state index contributed by atoms with van der Waals surface area (Å²) in [5, 5.41) is 0.793. The number of rotatable bonds is 4. The Labute approximate surface area is 88.7 Å². The van der Waals surface area contributed by atoms with Gasteiger partial charge in [0.2, 0.25) is 0 Å². The molecule has 72 valence electrons. The lowest BCUT2D eigenvalue weighted by Crippen LogP contribution is -2.17. The summed E-state index contributed by atoms with van der Waals surface area (Å²) >= 11 is 7.62. The van der Waals surface area contributed by atoms with Crippen LogP contribution in [0.4, 0.5) is 0 Å². The molecule has 1 unspecified atom stereocenters. The number of thioether (sulfide) groups is 1. The third-order valence-electron chi connectivity index (χ3n) is 1.56. The van der Waals surface area contributed by atoms with Crippen LogP contribution in [0.2, 0.25) is 5.02 Å². The van der Waals surface area contributed by atoms with E-state index in [4.69, 9.17) is 17.3 Å². The predicted octanol–water partition coefficient (Wildman–Crippen LogP) is 2.92. The van der Waals surface area contributed by atoms with Crippen LogP contribution in [0.3, 0.4) is 0 Å².